The number of nitrogens with zero attached hydrogens (tertiary/aromatic N) is 3. The van der Waals surface area contributed by atoms with Crippen LogP contribution in [0.3, 0.4) is 0 Å². The minimum absolute atomic E-state index is 0.161. The lowest BCUT2D eigenvalue weighted by Crippen LogP contribution is -2.50. The fraction of sp³-hybridized carbons (Fsp3) is 0.895. The van der Waals surface area contributed by atoms with Crippen molar-refractivity contribution < 1.29 is 43.7 Å². The van der Waals surface area contributed by atoms with Crippen molar-refractivity contribution in [3.63, 3.8) is 0 Å². The molecule has 0 amide bonds. The first-order valence-electron chi connectivity index (χ1n) is 10.8. The number of rotatable bonds is 18. The molecule has 32 heavy (non-hydrogen) atoms. The van der Waals surface area contributed by atoms with Gasteiger partial charge in [-0.2, -0.15) is 0 Å². The van der Waals surface area contributed by atoms with Crippen LogP contribution >= 0.6 is 0 Å². The van der Waals surface area contributed by atoms with E-state index in [4.69, 9.17) is 34.2 Å². The molecule has 1 aliphatic heterocycles. The van der Waals surface area contributed by atoms with Crippen molar-refractivity contribution in [2.45, 2.75) is 44.2 Å². The molecule has 1 aliphatic rings. The van der Waals surface area contributed by atoms with E-state index >= 15 is 0 Å². The molecule has 0 radical (unpaired) electrons. The van der Waals surface area contributed by atoms with E-state index in [1.807, 2.05) is 0 Å². The van der Waals surface area contributed by atoms with Crippen LogP contribution in [0.25, 0.3) is 0 Å². The zero-order chi connectivity index (χ0) is 23.0. The molecule has 0 spiro atoms. The van der Waals surface area contributed by atoms with Gasteiger partial charge in [0.05, 0.1) is 91.0 Å². The molecule has 13 heteroatoms. The minimum atomic E-state index is -1.17. The number of nitrogens with two attached hydrogens (primary N) is 1. The molecule has 4 atom stereocenters. The molecule has 0 bridgehead atoms. The summed E-state index contributed by atoms with van der Waals surface area (Å²) in [5.74, 6) is 0. The number of hydrogen-bond acceptors (Lipinski definition) is 12. The molecule has 1 saturated heterocycles. The van der Waals surface area contributed by atoms with Gasteiger partial charge in [0.15, 0.2) is 6.29 Å². The molecule has 2 heterocycles. The van der Waals surface area contributed by atoms with Crippen molar-refractivity contribution in [3.8, 4) is 0 Å². The topological polar surface area (TPSA) is 173 Å². The fourth-order valence-corrected chi connectivity index (χ4v) is 2.87. The van der Waals surface area contributed by atoms with Crippen molar-refractivity contribution in [2.24, 2.45) is 5.73 Å². The standard InChI is InChI=1S/C19H36N4O9/c20-1-3-27-5-6-28-7-8-29-9-10-30-14-15-12-23(22-21-15)2-4-31-19-18(26)17(25)11-16(13-24)32-19/h12,16-19,24-26H,1-11,13-14,20H2/t16-,17-,18+,19+/m0/s1. The van der Waals surface area contributed by atoms with Crippen molar-refractivity contribution in [2.75, 3.05) is 66.0 Å². The second-order valence-electron chi connectivity index (χ2n) is 7.12. The number of aromatic nitrogens is 3. The van der Waals surface area contributed by atoms with E-state index in [9.17, 15) is 15.3 Å². The average Bonchev–Trinajstić information content (AvgIpc) is 3.24. The number of hydrogen-bond donors (Lipinski definition) is 4. The van der Waals surface area contributed by atoms with Crippen LogP contribution in [-0.2, 0) is 41.6 Å². The van der Waals surface area contributed by atoms with E-state index < -0.39 is 24.6 Å². The van der Waals surface area contributed by atoms with E-state index in [-0.39, 0.29) is 19.6 Å². The van der Waals surface area contributed by atoms with Crippen molar-refractivity contribution in [1.82, 2.24) is 15.0 Å². The van der Waals surface area contributed by atoms with Gasteiger partial charge in [-0.05, 0) is 0 Å². The van der Waals surface area contributed by atoms with Crippen LogP contribution in [0.2, 0.25) is 0 Å². The predicted octanol–water partition coefficient (Wildman–Crippen LogP) is -2.35. The average molecular weight is 465 g/mol. The molecular weight excluding hydrogens is 428 g/mol. The third-order valence-corrected chi connectivity index (χ3v) is 4.52. The highest BCUT2D eigenvalue weighted by atomic mass is 16.7. The maximum absolute atomic E-state index is 9.93. The van der Waals surface area contributed by atoms with Crippen molar-refractivity contribution in [1.29, 1.82) is 0 Å². The van der Waals surface area contributed by atoms with Gasteiger partial charge in [0.1, 0.15) is 11.8 Å². The lowest BCUT2D eigenvalue weighted by molar-refractivity contribution is -0.271. The monoisotopic (exact) mass is 464 g/mol. The Balaban J connectivity index is 1.48. The summed E-state index contributed by atoms with van der Waals surface area (Å²) in [4.78, 5) is 0. The Morgan fingerprint density at radius 3 is 2.31 bits per heavy atom. The second kappa shape index (κ2) is 16.4. The Morgan fingerprint density at radius 2 is 1.66 bits per heavy atom. The Labute approximate surface area is 187 Å². The van der Waals surface area contributed by atoms with Crippen LogP contribution in [0.15, 0.2) is 6.20 Å². The molecule has 186 valence electrons. The lowest BCUT2D eigenvalue weighted by atomic mass is 10.0. The van der Waals surface area contributed by atoms with Gasteiger partial charge in [0.2, 0.25) is 0 Å². The number of aliphatic hydroxyl groups is 3. The highest BCUT2D eigenvalue weighted by molar-refractivity contribution is 4.89. The lowest BCUT2D eigenvalue weighted by Gasteiger charge is -2.36. The van der Waals surface area contributed by atoms with Crippen LogP contribution in [0.4, 0.5) is 0 Å². The summed E-state index contributed by atoms with van der Waals surface area (Å²) >= 11 is 0. The third-order valence-electron chi connectivity index (χ3n) is 4.52. The largest absolute Gasteiger partial charge is 0.394 e. The molecular formula is C19H36N4O9. The summed E-state index contributed by atoms with van der Waals surface area (Å²) in [6, 6.07) is 0. The first-order chi connectivity index (χ1) is 15.6. The molecule has 2 rings (SSSR count). The quantitative estimate of drug-likeness (QED) is 0.171. The SMILES string of the molecule is NCCOCCOCCOCCOCc1cn(CCO[C@@H]2O[C@H](CO)C[C@H](O)[C@H]2O)nn1. The highest BCUT2D eigenvalue weighted by Crippen LogP contribution is 2.21. The molecule has 0 saturated carbocycles. The smallest absolute Gasteiger partial charge is 0.186 e. The second-order valence-corrected chi connectivity index (χ2v) is 7.12. The number of aliphatic hydroxyl groups excluding tert-OH is 3. The fourth-order valence-electron chi connectivity index (χ4n) is 2.87. The summed E-state index contributed by atoms with van der Waals surface area (Å²) in [6.45, 7) is 4.52. The molecule has 1 fully saturated rings. The van der Waals surface area contributed by atoms with Gasteiger partial charge in [-0.1, -0.05) is 5.21 Å². The van der Waals surface area contributed by atoms with E-state index in [1.165, 1.54) is 0 Å². The Bertz CT molecular complexity index is 595. The third kappa shape index (κ3) is 10.6. The van der Waals surface area contributed by atoms with E-state index in [2.05, 4.69) is 10.3 Å². The Hall–Kier alpha value is -1.26. The summed E-state index contributed by atoms with van der Waals surface area (Å²) in [6.07, 6.45) is -1.84. The van der Waals surface area contributed by atoms with E-state index in [1.54, 1.807) is 10.9 Å². The van der Waals surface area contributed by atoms with Crippen LogP contribution < -0.4 is 5.73 Å². The van der Waals surface area contributed by atoms with Gasteiger partial charge in [0.25, 0.3) is 0 Å². The van der Waals surface area contributed by atoms with Gasteiger partial charge in [0, 0.05) is 13.0 Å². The molecule has 0 aromatic carbocycles. The molecule has 1 aromatic rings. The summed E-state index contributed by atoms with van der Waals surface area (Å²) in [7, 11) is 0. The van der Waals surface area contributed by atoms with Gasteiger partial charge >= 0.3 is 0 Å². The van der Waals surface area contributed by atoms with E-state index in [0.29, 0.717) is 71.6 Å². The van der Waals surface area contributed by atoms with Gasteiger partial charge in [-0.25, -0.2) is 4.68 Å². The molecule has 0 unspecified atom stereocenters. The predicted molar refractivity (Wildman–Crippen MR) is 110 cm³/mol. The molecule has 1 aromatic heterocycles. The first-order valence-corrected chi connectivity index (χ1v) is 10.8. The van der Waals surface area contributed by atoms with E-state index in [0.717, 1.165) is 0 Å². The van der Waals surface area contributed by atoms with Crippen LogP contribution in [0.5, 0.6) is 0 Å². The summed E-state index contributed by atoms with van der Waals surface area (Å²) in [5.41, 5.74) is 5.97. The normalized spacial score (nSPS) is 23.6. The summed E-state index contributed by atoms with van der Waals surface area (Å²) in [5, 5.41) is 36.9. The molecule has 5 N–H and O–H groups in total. The highest BCUT2D eigenvalue weighted by Gasteiger charge is 2.37. The van der Waals surface area contributed by atoms with Gasteiger partial charge in [-0.3, -0.25) is 0 Å². The number of ether oxygens (including phenoxy) is 6. The zero-order valence-corrected chi connectivity index (χ0v) is 18.3. The Morgan fingerprint density at radius 1 is 1.00 bits per heavy atom. The summed E-state index contributed by atoms with van der Waals surface area (Å²) < 4.78 is 33.9. The van der Waals surface area contributed by atoms with Gasteiger partial charge < -0.3 is 49.5 Å². The van der Waals surface area contributed by atoms with Crippen LogP contribution in [0.1, 0.15) is 12.1 Å². The maximum atomic E-state index is 9.93. The van der Waals surface area contributed by atoms with Gasteiger partial charge in [-0.15, -0.1) is 5.10 Å². The van der Waals surface area contributed by atoms with Crippen LogP contribution in [-0.4, -0.2) is 121 Å². The Kier molecular flexibility index (Phi) is 13.8. The molecule has 0 aliphatic carbocycles. The maximum Gasteiger partial charge on any atom is 0.186 e. The minimum Gasteiger partial charge on any atom is -0.394 e. The van der Waals surface area contributed by atoms with Crippen molar-refractivity contribution in [3.05, 3.63) is 11.9 Å². The zero-order valence-electron chi connectivity index (χ0n) is 18.3. The van der Waals surface area contributed by atoms with Crippen LogP contribution in [0, 0.1) is 0 Å². The first kappa shape index (κ1) is 27.0. The van der Waals surface area contributed by atoms with Crippen molar-refractivity contribution >= 4 is 0 Å². The molecule has 13 nitrogen and oxygen atoms in total.